The topological polar surface area (TPSA) is 71.5 Å². The van der Waals surface area contributed by atoms with Gasteiger partial charge in [0.15, 0.2) is 0 Å². The van der Waals surface area contributed by atoms with E-state index in [0.29, 0.717) is 19.4 Å². The number of hydrogen-bond donors (Lipinski definition) is 2. The van der Waals surface area contributed by atoms with E-state index in [9.17, 15) is 4.79 Å². The normalized spacial score (nSPS) is 12.1. The minimum atomic E-state index is -0.332. The second-order valence-electron chi connectivity index (χ2n) is 3.76. The summed E-state index contributed by atoms with van der Waals surface area (Å²) in [6, 6.07) is 3.44. The third-order valence-electron chi connectivity index (χ3n) is 2.32. The zero-order valence-corrected chi connectivity index (χ0v) is 9.93. The number of pyridine rings is 1. The molecule has 0 saturated heterocycles. The van der Waals surface area contributed by atoms with Crippen LogP contribution in [0.15, 0.2) is 24.5 Å². The highest BCUT2D eigenvalue weighted by Gasteiger charge is 2.10. The maximum atomic E-state index is 11.6. The molecule has 5 nitrogen and oxygen atoms in total. The van der Waals surface area contributed by atoms with Gasteiger partial charge < -0.3 is 15.2 Å². The van der Waals surface area contributed by atoms with Crippen LogP contribution in [-0.2, 0) is 16.0 Å². The van der Waals surface area contributed by atoms with Gasteiger partial charge in [-0.05, 0) is 18.1 Å². The highest BCUT2D eigenvalue weighted by atomic mass is 16.5. The summed E-state index contributed by atoms with van der Waals surface area (Å²) in [5, 5.41) is 11.7. The first-order valence-corrected chi connectivity index (χ1v) is 5.54. The first-order valence-electron chi connectivity index (χ1n) is 5.54. The molecule has 1 amide bonds. The molecule has 0 spiro atoms. The fourth-order valence-corrected chi connectivity index (χ4v) is 1.44. The highest BCUT2D eigenvalue weighted by Crippen LogP contribution is 2.00. The molecule has 0 bridgehead atoms. The molecule has 0 fully saturated rings. The maximum absolute atomic E-state index is 11.6. The summed E-state index contributed by atoms with van der Waals surface area (Å²) >= 11 is 0. The lowest BCUT2D eigenvalue weighted by Gasteiger charge is -2.14. The Balaban J connectivity index is 2.30. The Morgan fingerprint density at radius 1 is 1.65 bits per heavy atom. The minimum Gasteiger partial charge on any atom is -0.394 e. The van der Waals surface area contributed by atoms with Crippen molar-refractivity contribution in [2.24, 2.45) is 0 Å². The number of amides is 1. The van der Waals surface area contributed by atoms with Crippen molar-refractivity contribution in [3.05, 3.63) is 30.1 Å². The molecule has 1 unspecified atom stereocenters. The number of nitrogens with zero attached hydrogens (tertiary/aromatic N) is 1. The summed E-state index contributed by atoms with van der Waals surface area (Å²) in [5.74, 6) is -0.0926. The van der Waals surface area contributed by atoms with Gasteiger partial charge in [-0.15, -0.1) is 0 Å². The summed E-state index contributed by atoms with van der Waals surface area (Å²) < 4.78 is 4.87. The standard InChI is InChI=1S/C12H18N2O3/c1-17-9-11(8-15)14-12(16)5-4-10-3-2-6-13-7-10/h2-3,6-7,11,15H,4-5,8-9H2,1H3,(H,14,16). The fraction of sp³-hybridized carbons (Fsp3) is 0.500. The predicted molar refractivity (Wildman–Crippen MR) is 63.5 cm³/mol. The fourth-order valence-electron chi connectivity index (χ4n) is 1.44. The molecule has 1 heterocycles. The van der Waals surface area contributed by atoms with Crippen molar-refractivity contribution in [2.75, 3.05) is 20.3 Å². The van der Waals surface area contributed by atoms with Gasteiger partial charge in [-0.2, -0.15) is 0 Å². The quantitative estimate of drug-likeness (QED) is 0.708. The number of hydrogen-bond acceptors (Lipinski definition) is 4. The molecule has 0 aliphatic carbocycles. The van der Waals surface area contributed by atoms with Crippen LogP contribution in [0.5, 0.6) is 0 Å². The Kier molecular flexibility index (Phi) is 6.21. The third-order valence-corrected chi connectivity index (χ3v) is 2.32. The van der Waals surface area contributed by atoms with Gasteiger partial charge in [0.2, 0.25) is 5.91 Å². The number of aryl methyl sites for hydroxylation is 1. The van der Waals surface area contributed by atoms with Crippen LogP contribution in [0.2, 0.25) is 0 Å². The molecule has 5 heteroatoms. The zero-order chi connectivity index (χ0) is 12.5. The van der Waals surface area contributed by atoms with Gasteiger partial charge in [0, 0.05) is 25.9 Å². The molecule has 94 valence electrons. The van der Waals surface area contributed by atoms with Gasteiger partial charge in [0.05, 0.1) is 19.3 Å². The number of aromatic nitrogens is 1. The average Bonchev–Trinajstić information content (AvgIpc) is 2.37. The van der Waals surface area contributed by atoms with E-state index in [2.05, 4.69) is 10.3 Å². The van der Waals surface area contributed by atoms with Crippen LogP contribution in [0, 0.1) is 0 Å². The Bertz CT molecular complexity index is 330. The predicted octanol–water partition coefficient (Wildman–Crippen LogP) is 0.138. The number of rotatable bonds is 7. The second-order valence-corrected chi connectivity index (χ2v) is 3.76. The van der Waals surface area contributed by atoms with Crippen LogP contribution in [0.1, 0.15) is 12.0 Å². The maximum Gasteiger partial charge on any atom is 0.220 e. The molecule has 0 aliphatic rings. The largest absolute Gasteiger partial charge is 0.394 e. The third kappa shape index (κ3) is 5.42. The minimum absolute atomic E-state index is 0.0926. The number of carbonyl (C=O) groups is 1. The van der Waals surface area contributed by atoms with Gasteiger partial charge in [-0.3, -0.25) is 9.78 Å². The lowest BCUT2D eigenvalue weighted by molar-refractivity contribution is -0.122. The van der Waals surface area contributed by atoms with Crippen molar-refractivity contribution in [3.63, 3.8) is 0 Å². The van der Waals surface area contributed by atoms with E-state index < -0.39 is 0 Å². The number of aliphatic hydroxyl groups is 1. The van der Waals surface area contributed by atoms with E-state index in [1.807, 2.05) is 12.1 Å². The summed E-state index contributed by atoms with van der Waals surface area (Å²) in [6.45, 7) is 0.196. The second kappa shape index (κ2) is 7.76. The van der Waals surface area contributed by atoms with Crippen molar-refractivity contribution in [3.8, 4) is 0 Å². The zero-order valence-electron chi connectivity index (χ0n) is 9.93. The van der Waals surface area contributed by atoms with E-state index in [4.69, 9.17) is 9.84 Å². The molecule has 1 aromatic heterocycles. The van der Waals surface area contributed by atoms with Crippen molar-refractivity contribution in [2.45, 2.75) is 18.9 Å². The average molecular weight is 238 g/mol. The number of methoxy groups -OCH3 is 1. The monoisotopic (exact) mass is 238 g/mol. The summed E-state index contributed by atoms with van der Waals surface area (Å²) in [4.78, 5) is 15.5. The van der Waals surface area contributed by atoms with E-state index in [1.165, 1.54) is 7.11 Å². The molecule has 0 aliphatic heterocycles. The number of nitrogens with one attached hydrogen (secondary N) is 1. The molecule has 2 N–H and O–H groups in total. The molecule has 0 saturated carbocycles. The smallest absolute Gasteiger partial charge is 0.220 e. The molecular weight excluding hydrogens is 220 g/mol. The first-order chi connectivity index (χ1) is 8.26. The van der Waals surface area contributed by atoms with Crippen molar-refractivity contribution < 1.29 is 14.6 Å². The molecule has 17 heavy (non-hydrogen) atoms. The van der Waals surface area contributed by atoms with E-state index >= 15 is 0 Å². The van der Waals surface area contributed by atoms with Gasteiger partial charge in [0.25, 0.3) is 0 Å². The molecule has 1 rings (SSSR count). The Labute approximate surface area is 101 Å². The van der Waals surface area contributed by atoms with Crippen LogP contribution < -0.4 is 5.32 Å². The molecule has 0 radical (unpaired) electrons. The molecule has 0 aromatic carbocycles. The Morgan fingerprint density at radius 2 is 2.47 bits per heavy atom. The van der Waals surface area contributed by atoms with Crippen molar-refractivity contribution in [1.29, 1.82) is 0 Å². The molecule has 1 atom stereocenters. The number of carbonyl (C=O) groups excluding carboxylic acids is 1. The van der Waals surface area contributed by atoms with Crippen molar-refractivity contribution in [1.82, 2.24) is 10.3 Å². The number of aliphatic hydroxyl groups excluding tert-OH is 1. The molecular formula is C12H18N2O3. The van der Waals surface area contributed by atoms with Gasteiger partial charge in [0.1, 0.15) is 0 Å². The summed E-state index contributed by atoms with van der Waals surface area (Å²) in [6.07, 6.45) is 4.46. The highest BCUT2D eigenvalue weighted by molar-refractivity contribution is 5.76. The van der Waals surface area contributed by atoms with Crippen LogP contribution in [0.3, 0.4) is 0 Å². The van der Waals surface area contributed by atoms with Crippen LogP contribution in [0.4, 0.5) is 0 Å². The van der Waals surface area contributed by atoms with E-state index in [0.717, 1.165) is 5.56 Å². The summed E-state index contributed by atoms with van der Waals surface area (Å²) in [7, 11) is 1.53. The van der Waals surface area contributed by atoms with E-state index in [1.54, 1.807) is 12.4 Å². The Hall–Kier alpha value is -1.46. The summed E-state index contributed by atoms with van der Waals surface area (Å²) in [5.41, 5.74) is 1.02. The van der Waals surface area contributed by atoms with Gasteiger partial charge >= 0.3 is 0 Å². The van der Waals surface area contributed by atoms with Crippen molar-refractivity contribution >= 4 is 5.91 Å². The lowest BCUT2D eigenvalue weighted by atomic mass is 10.1. The lowest BCUT2D eigenvalue weighted by Crippen LogP contribution is -2.40. The SMILES string of the molecule is COCC(CO)NC(=O)CCc1cccnc1. The Morgan fingerprint density at radius 3 is 3.06 bits per heavy atom. The molecule has 1 aromatic rings. The number of ether oxygens (including phenoxy) is 1. The first kappa shape index (κ1) is 13.6. The van der Waals surface area contributed by atoms with Crippen LogP contribution in [-0.4, -0.2) is 42.4 Å². The van der Waals surface area contributed by atoms with Gasteiger partial charge in [-0.25, -0.2) is 0 Å². The van der Waals surface area contributed by atoms with Crippen LogP contribution in [0.25, 0.3) is 0 Å². The van der Waals surface area contributed by atoms with Gasteiger partial charge in [-0.1, -0.05) is 6.07 Å². The van der Waals surface area contributed by atoms with Crippen LogP contribution >= 0.6 is 0 Å². The van der Waals surface area contributed by atoms with E-state index in [-0.39, 0.29) is 18.6 Å².